The van der Waals surface area contributed by atoms with E-state index in [2.05, 4.69) is 5.32 Å². The van der Waals surface area contributed by atoms with Gasteiger partial charge in [0.1, 0.15) is 23.7 Å². The average molecular weight is 393 g/mol. The maximum absolute atomic E-state index is 13.4. The average Bonchev–Trinajstić information content (AvgIpc) is 2.86. The number of rotatable bonds is 4. The van der Waals surface area contributed by atoms with E-state index in [0.717, 1.165) is 44.1 Å². The van der Waals surface area contributed by atoms with E-state index in [0.29, 0.717) is 11.4 Å². The minimum Gasteiger partial charge on any atom is -0.324 e. The van der Waals surface area contributed by atoms with Gasteiger partial charge in [-0.2, -0.15) is 0 Å². The highest BCUT2D eigenvalue weighted by Crippen LogP contribution is 2.38. The molecule has 0 atom stereocenters. The number of carbonyl (C=O) groups is 2. The van der Waals surface area contributed by atoms with Crippen molar-refractivity contribution in [3.8, 4) is 0 Å². The summed E-state index contributed by atoms with van der Waals surface area (Å²) in [5.74, 6) is -0.987. The first-order chi connectivity index (χ1) is 14.1. The smallest absolute Gasteiger partial charge is 0.275 e. The summed E-state index contributed by atoms with van der Waals surface area (Å²) >= 11 is 0. The van der Waals surface area contributed by atoms with Crippen molar-refractivity contribution in [2.24, 2.45) is 4.99 Å². The number of nitrogens with zero attached hydrogens (tertiary/aromatic N) is 2. The van der Waals surface area contributed by atoms with E-state index in [1.54, 1.807) is 11.0 Å². The van der Waals surface area contributed by atoms with Crippen molar-refractivity contribution >= 4 is 23.2 Å². The highest BCUT2D eigenvalue weighted by atomic mass is 19.1. The zero-order chi connectivity index (χ0) is 20.3. The molecule has 2 aromatic rings. The lowest BCUT2D eigenvalue weighted by molar-refractivity contribution is -0.133. The zero-order valence-corrected chi connectivity index (χ0v) is 16.2. The second-order valence-electron chi connectivity index (χ2n) is 7.67. The number of halogens is 1. The molecular formula is C23H24FN3O2. The molecule has 2 aliphatic rings. The van der Waals surface area contributed by atoms with Crippen molar-refractivity contribution in [2.45, 2.75) is 44.2 Å². The van der Waals surface area contributed by atoms with Crippen LogP contribution in [-0.2, 0) is 9.59 Å². The van der Waals surface area contributed by atoms with E-state index in [1.807, 2.05) is 30.3 Å². The van der Waals surface area contributed by atoms with Crippen LogP contribution in [0.15, 0.2) is 59.6 Å². The van der Waals surface area contributed by atoms with Crippen LogP contribution in [0, 0.1) is 5.82 Å². The predicted octanol–water partition coefficient (Wildman–Crippen LogP) is 4.15. The van der Waals surface area contributed by atoms with Crippen LogP contribution in [0.25, 0.3) is 0 Å². The van der Waals surface area contributed by atoms with E-state index in [9.17, 15) is 14.0 Å². The van der Waals surface area contributed by atoms with Gasteiger partial charge < -0.3 is 10.2 Å². The molecule has 4 rings (SSSR count). The van der Waals surface area contributed by atoms with Crippen molar-refractivity contribution < 1.29 is 14.0 Å². The third-order valence-corrected chi connectivity index (χ3v) is 5.63. The van der Waals surface area contributed by atoms with Gasteiger partial charge in [-0.15, -0.1) is 0 Å². The molecule has 1 fully saturated rings. The Balaban J connectivity index is 1.60. The van der Waals surface area contributed by atoms with Gasteiger partial charge in [-0.1, -0.05) is 49.2 Å². The lowest BCUT2D eigenvalue weighted by Gasteiger charge is -2.35. The summed E-state index contributed by atoms with van der Waals surface area (Å²) in [5, 5.41) is 2.70. The lowest BCUT2D eigenvalue weighted by atomic mass is 10.00. The van der Waals surface area contributed by atoms with Crippen molar-refractivity contribution in [2.75, 3.05) is 11.9 Å². The summed E-state index contributed by atoms with van der Waals surface area (Å²) in [7, 11) is 0. The Hall–Kier alpha value is -3.02. The number of anilines is 1. The zero-order valence-electron chi connectivity index (χ0n) is 16.2. The molecule has 1 spiro atoms. The SMILES string of the molecule is O=C(CN1C(=O)C(c2ccccc2)=NC12CCCCCC2)Nc1cccc(F)c1. The monoisotopic (exact) mass is 393 g/mol. The fourth-order valence-corrected chi connectivity index (χ4v) is 4.22. The van der Waals surface area contributed by atoms with Gasteiger partial charge in [-0.25, -0.2) is 4.39 Å². The molecule has 1 N–H and O–H groups in total. The summed E-state index contributed by atoms with van der Waals surface area (Å²) in [4.78, 5) is 32.5. The summed E-state index contributed by atoms with van der Waals surface area (Å²) in [6, 6.07) is 15.1. The molecule has 0 saturated heterocycles. The Bertz CT molecular complexity index is 934. The van der Waals surface area contributed by atoms with Gasteiger partial charge in [0.05, 0.1) is 0 Å². The van der Waals surface area contributed by atoms with E-state index < -0.39 is 11.5 Å². The number of hydrogen-bond donors (Lipinski definition) is 1. The van der Waals surface area contributed by atoms with Crippen LogP contribution in [0.2, 0.25) is 0 Å². The van der Waals surface area contributed by atoms with Crippen molar-refractivity contribution in [3.63, 3.8) is 0 Å². The Kier molecular flexibility index (Phi) is 5.43. The summed E-state index contributed by atoms with van der Waals surface area (Å²) in [5.41, 5.74) is 0.902. The minimum absolute atomic E-state index is 0.102. The van der Waals surface area contributed by atoms with Crippen LogP contribution in [-0.4, -0.2) is 34.6 Å². The Labute approximate surface area is 169 Å². The molecule has 150 valence electrons. The topological polar surface area (TPSA) is 61.8 Å². The summed E-state index contributed by atoms with van der Waals surface area (Å²) in [6.07, 6.45) is 5.66. The number of amides is 2. The van der Waals surface area contributed by atoms with E-state index in [4.69, 9.17) is 4.99 Å². The number of nitrogens with one attached hydrogen (secondary N) is 1. The predicted molar refractivity (Wildman–Crippen MR) is 110 cm³/mol. The first-order valence-electron chi connectivity index (χ1n) is 10.1. The lowest BCUT2D eigenvalue weighted by Crippen LogP contribution is -2.50. The quantitative estimate of drug-likeness (QED) is 0.848. The highest BCUT2D eigenvalue weighted by molar-refractivity contribution is 6.47. The third kappa shape index (κ3) is 4.06. The molecule has 1 aliphatic carbocycles. The molecule has 1 saturated carbocycles. The first kappa shape index (κ1) is 19.3. The van der Waals surface area contributed by atoms with Crippen LogP contribution >= 0.6 is 0 Å². The molecule has 1 heterocycles. The minimum atomic E-state index is -0.669. The maximum Gasteiger partial charge on any atom is 0.275 e. The Morgan fingerprint density at radius 1 is 1.03 bits per heavy atom. The van der Waals surface area contributed by atoms with Gasteiger partial charge in [-0.05, 0) is 43.9 Å². The molecule has 5 nitrogen and oxygen atoms in total. The van der Waals surface area contributed by atoms with Gasteiger partial charge in [0.2, 0.25) is 5.91 Å². The molecule has 2 amide bonds. The van der Waals surface area contributed by atoms with Gasteiger partial charge in [0, 0.05) is 11.3 Å². The van der Waals surface area contributed by atoms with Crippen LogP contribution in [0.3, 0.4) is 0 Å². The number of benzene rings is 2. The van der Waals surface area contributed by atoms with E-state index in [-0.39, 0.29) is 18.4 Å². The van der Waals surface area contributed by atoms with Gasteiger partial charge in [-0.3, -0.25) is 14.6 Å². The second-order valence-corrected chi connectivity index (χ2v) is 7.67. The summed E-state index contributed by atoms with van der Waals surface area (Å²) in [6.45, 7) is -0.102. The van der Waals surface area contributed by atoms with Crippen molar-refractivity contribution in [3.05, 3.63) is 66.0 Å². The van der Waals surface area contributed by atoms with Gasteiger partial charge in [0.25, 0.3) is 5.91 Å². The Morgan fingerprint density at radius 3 is 2.45 bits per heavy atom. The molecule has 29 heavy (non-hydrogen) atoms. The van der Waals surface area contributed by atoms with Crippen LogP contribution in [0.4, 0.5) is 10.1 Å². The fraction of sp³-hybridized carbons (Fsp3) is 0.348. The molecule has 0 unspecified atom stereocenters. The molecule has 1 aliphatic heterocycles. The summed E-state index contributed by atoms with van der Waals surface area (Å²) < 4.78 is 13.4. The van der Waals surface area contributed by atoms with Crippen LogP contribution in [0.5, 0.6) is 0 Å². The molecular weight excluding hydrogens is 369 g/mol. The fourth-order valence-electron chi connectivity index (χ4n) is 4.22. The molecule has 0 bridgehead atoms. The highest BCUT2D eigenvalue weighted by Gasteiger charge is 2.47. The molecule has 6 heteroatoms. The largest absolute Gasteiger partial charge is 0.324 e. The standard InChI is InChI=1S/C23H24FN3O2/c24-18-11-8-12-19(15-18)25-20(28)16-27-22(29)21(17-9-4-3-5-10-17)26-23(27)13-6-1-2-7-14-23/h3-5,8-12,15H,1-2,6-7,13-14,16H2,(H,25,28). The molecule has 2 aromatic carbocycles. The van der Waals surface area contributed by atoms with Gasteiger partial charge >= 0.3 is 0 Å². The van der Waals surface area contributed by atoms with Gasteiger partial charge in [0.15, 0.2) is 0 Å². The number of aliphatic imine (C=N–C) groups is 1. The Morgan fingerprint density at radius 2 is 1.76 bits per heavy atom. The maximum atomic E-state index is 13.4. The normalized spacial score (nSPS) is 18.4. The molecule has 0 aromatic heterocycles. The van der Waals surface area contributed by atoms with E-state index >= 15 is 0 Å². The number of carbonyl (C=O) groups excluding carboxylic acids is 2. The first-order valence-corrected chi connectivity index (χ1v) is 10.1. The van der Waals surface area contributed by atoms with Crippen molar-refractivity contribution in [1.82, 2.24) is 4.90 Å². The number of hydrogen-bond acceptors (Lipinski definition) is 3. The second kappa shape index (κ2) is 8.15. The third-order valence-electron chi connectivity index (χ3n) is 5.63. The molecule has 0 radical (unpaired) electrons. The van der Waals surface area contributed by atoms with Crippen LogP contribution in [0.1, 0.15) is 44.1 Å². The van der Waals surface area contributed by atoms with Crippen molar-refractivity contribution in [1.29, 1.82) is 0 Å². The van der Waals surface area contributed by atoms with Crippen LogP contribution < -0.4 is 5.32 Å². The van der Waals surface area contributed by atoms with E-state index in [1.165, 1.54) is 18.2 Å².